The lowest BCUT2D eigenvalue weighted by atomic mass is 10.2. The summed E-state index contributed by atoms with van der Waals surface area (Å²) in [7, 11) is 1.48. The van der Waals surface area contributed by atoms with Gasteiger partial charge >= 0.3 is 0 Å². The smallest absolute Gasteiger partial charge is 0.250 e. The van der Waals surface area contributed by atoms with Crippen LogP contribution in [0.2, 0.25) is 0 Å². The van der Waals surface area contributed by atoms with Crippen molar-refractivity contribution in [2.45, 2.75) is 25.7 Å². The van der Waals surface area contributed by atoms with Gasteiger partial charge in [0.1, 0.15) is 6.61 Å². The number of rotatable bonds is 4. The zero-order valence-corrected chi connectivity index (χ0v) is 11.3. The SMILES string of the molecule is COCC(=O)Nc1cnc(N2CCCCCC2)nc1. The summed E-state index contributed by atoms with van der Waals surface area (Å²) in [5.41, 5.74) is 0.598. The fourth-order valence-electron chi connectivity index (χ4n) is 2.15. The fraction of sp³-hybridized carbons (Fsp3) is 0.615. The zero-order chi connectivity index (χ0) is 13.5. The molecule has 104 valence electrons. The van der Waals surface area contributed by atoms with Gasteiger partial charge in [-0.15, -0.1) is 0 Å². The molecule has 6 nitrogen and oxygen atoms in total. The Morgan fingerprint density at radius 2 is 1.89 bits per heavy atom. The highest BCUT2D eigenvalue weighted by Crippen LogP contribution is 2.16. The molecule has 0 radical (unpaired) electrons. The maximum absolute atomic E-state index is 11.3. The Morgan fingerprint density at radius 1 is 1.26 bits per heavy atom. The molecule has 0 unspecified atom stereocenters. The average Bonchev–Trinajstić information content (AvgIpc) is 2.69. The van der Waals surface area contributed by atoms with E-state index < -0.39 is 0 Å². The van der Waals surface area contributed by atoms with E-state index in [4.69, 9.17) is 4.74 Å². The van der Waals surface area contributed by atoms with E-state index in [1.54, 1.807) is 12.4 Å². The fourth-order valence-corrected chi connectivity index (χ4v) is 2.15. The minimum atomic E-state index is -0.200. The van der Waals surface area contributed by atoms with E-state index in [9.17, 15) is 4.79 Å². The van der Waals surface area contributed by atoms with Crippen LogP contribution in [0.1, 0.15) is 25.7 Å². The zero-order valence-electron chi connectivity index (χ0n) is 11.3. The standard InChI is InChI=1S/C13H20N4O2/c1-19-10-12(18)16-11-8-14-13(15-9-11)17-6-4-2-3-5-7-17/h8-9H,2-7,10H2,1H3,(H,16,18). The summed E-state index contributed by atoms with van der Waals surface area (Å²) in [6.07, 6.45) is 8.22. The first-order valence-corrected chi connectivity index (χ1v) is 6.65. The summed E-state index contributed by atoms with van der Waals surface area (Å²) in [4.78, 5) is 22.2. The van der Waals surface area contributed by atoms with Gasteiger partial charge in [0.25, 0.3) is 0 Å². The molecular weight excluding hydrogens is 244 g/mol. The van der Waals surface area contributed by atoms with E-state index in [1.807, 2.05) is 0 Å². The largest absolute Gasteiger partial charge is 0.375 e. The van der Waals surface area contributed by atoms with Crippen LogP contribution in [0.5, 0.6) is 0 Å². The molecule has 1 aliphatic rings. The minimum absolute atomic E-state index is 0.0356. The van der Waals surface area contributed by atoms with Crippen LogP contribution in [-0.4, -0.2) is 42.7 Å². The maximum atomic E-state index is 11.3. The van der Waals surface area contributed by atoms with Crippen molar-refractivity contribution in [3.8, 4) is 0 Å². The van der Waals surface area contributed by atoms with Crippen molar-refractivity contribution in [2.75, 3.05) is 37.0 Å². The molecule has 1 saturated heterocycles. The number of nitrogens with one attached hydrogen (secondary N) is 1. The summed E-state index contributed by atoms with van der Waals surface area (Å²) in [6.45, 7) is 2.05. The van der Waals surface area contributed by atoms with Gasteiger partial charge in [-0.3, -0.25) is 4.79 Å². The number of methoxy groups -OCH3 is 1. The molecule has 19 heavy (non-hydrogen) atoms. The van der Waals surface area contributed by atoms with Crippen LogP contribution >= 0.6 is 0 Å². The van der Waals surface area contributed by atoms with Gasteiger partial charge in [0.05, 0.1) is 18.1 Å². The molecule has 0 bridgehead atoms. The molecule has 0 spiro atoms. The third-order valence-corrected chi connectivity index (χ3v) is 3.09. The lowest BCUT2D eigenvalue weighted by Gasteiger charge is -2.19. The highest BCUT2D eigenvalue weighted by Gasteiger charge is 2.12. The van der Waals surface area contributed by atoms with Gasteiger partial charge in [-0.2, -0.15) is 0 Å². The Hall–Kier alpha value is -1.69. The van der Waals surface area contributed by atoms with Gasteiger partial charge in [0, 0.05) is 20.2 Å². The second-order valence-electron chi connectivity index (χ2n) is 4.65. The molecule has 2 rings (SSSR count). The number of carbonyl (C=O) groups is 1. The van der Waals surface area contributed by atoms with Crippen LogP contribution in [0.25, 0.3) is 0 Å². The quantitative estimate of drug-likeness (QED) is 0.891. The molecule has 6 heteroatoms. The summed E-state index contributed by atoms with van der Waals surface area (Å²) >= 11 is 0. The molecule has 0 atom stereocenters. The maximum Gasteiger partial charge on any atom is 0.250 e. The van der Waals surface area contributed by atoms with Crippen LogP contribution in [0.15, 0.2) is 12.4 Å². The number of aromatic nitrogens is 2. The third kappa shape index (κ3) is 4.17. The first-order valence-electron chi connectivity index (χ1n) is 6.65. The van der Waals surface area contributed by atoms with Crippen molar-refractivity contribution in [3.05, 3.63) is 12.4 Å². The lowest BCUT2D eigenvalue weighted by molar-refractivity contribution is -0.119. The minimum Gasteiger partial charge on any atom is -0.375 e. The Balaban J connectivity index is 1.95. The number of hydrogen-bond donors (Lipinski definition) is 1. The van der Waals surface area contributed by atoms with Gasteiger partial charge in [-0.25, -0.2) is 9.97 Å². The van der Waals surface area contributed by atoms with E-state index in [1.165, 1.54) is 32.8 Å². The van der Waals surface area contributed by atoms with Gasteiger partial charge in [0.15, 0.2) is 0 Å². The molecule has 1 aliphatic heterocycles. The predicted octanol–water partition coefficient (Wildman–Crippen LogP) is 1.44. The van der Waals surface area contributed by atoms with Gasteiger partial charge in [-0.1, -0.05) is 12.8 Å². The van der Waals surface area contributed by atoms with E-state index in [-0.39, 0.29) is 12.5 Å². The topological polar surface area (TPSA) is 67.3 Å². The van der Waals surface area contributed by atoms with Crippen LogP contribution < -0.4 is 10.2 Å². The van der Waals surface area contributed by atoms with Crippen LogP contribution in [0, 0.1) is 0 Å². The van der Waals surface area contributed by atoms with E-state index in [0.717, 1.165) is 19.0 Å². The van der Waals surface area contributed by atoms with Crippen LogP contribution in [-0.2, 0) is 9.53 Å². The Labute approximate surface area is 113 Å². The Morgan fingerprint density at radius 3 is 2.47 bits per heavy atom. The first kappa shape index (κ1) is 13.7. The second-order valence-corrected chi connectivity index (χ2v) is 4.65. The predicted molar refractivity (Wildman–Crippen MR) is 73.2 cm³/mol. The van der Waals surface area contributed by atoms with Crippen molar-refractivity contribution < 1.29 is 9.53 Å². The number of hydrogen-bond acceptors (Lipinski definition) is 5. The molecule has 1 fully saturated rings. The van der Waals surface area contributed by atoms with Crippen LogP contribution in [0.4, 0.5) is 11.6 Å². The van der Waals surface area contributed by atoms with Crippen molar-refractivity contribution in [1.29, 1.82) is 0 Å². The Kier molecular flexibility index (Phi) is 5.09. The highest BCUT2D eigenvalue weighted by molar-refractivity contribution is 5.91. The monoisotopic (exact) mass is 264 g/mol. The number of carbonyl (C=O) groups excluding carboxylic acids is 1. The van der Waals surface area contributed by atoms with Crippen molar-refractivity contribution >= 4 is 17.5 Å². The summed E-state index contributed by atoms with van der Waals surface area (Å²) in [5, 5.41) is 2.68. The normalized spacial score (nSPS) is 15.9. The molecular formula is C13H20N4O2. The van der Waals surface area contributed by atoms with E-state index >= 15 is 0 Å². The summed E-state index contributed by atoms with van der Waals surface area (Å²) in [5.74, 6) is 0.542. The molecule has 1 N–H and O–H groups in total. The molecule has 0 saturated carbocycles. The van der Waals surface area contributed by atoms with Crippen LogP contribution in [0.3, 0.4) is 0 Å². The Bertz CT molecular complexity index is 400. The van der Waals surface area contributed by atoms with Crippen molar-refractivity contribution in [2.24, 2.45) is 0 Å². The lowest BCUT2D eigenvalue weighted by Crippen LogP contribution is -2.26. The van der Waals surface area contributed by atoms with Gasteiger partial charge in [-0.05, 0) is 12.8 Å². The molecule has 0 aliphatic carbocycles. The molecule has 1 aromatic rings. The molecule has 0 aromatic carbocycles. The molecule has 2 heterocycles. The average molecular weight is 264 g/mol. The van der Waals surface area contributed by atoms with Gasteiger partial charge < -0.3 is 15.0 Å². The number of ether oxygens (including phenoxy) is 1. The van der Waals surface area contributed by atoms with Gasteiger partial charge in [0.2, 0.25) is 11.9 Å². The van der Waals surface area contributed by atoms with Crippen molar-refractivity contribution in [1.82, 2.24) is 9.97 Å². The van der Waals surface area contributed by atoms with E-state index in [0.29, 0.717) is 5.69 Å². The number of anilines is 2. The summed E-state index contributed by atoms with van der Waals surface area (Å²) in [6, 6.07) is 0. The number of nitrogens with zero attached hydrogens (tertiary/aromatic N) is 3. The first-order chi connectivity index (χ1) is 9.29. The van der Waals surface area contributed by atoms with Crippen molar-refractivity contribution in [3.63, 3.8) is 0 Å². The third-order valence-electron chi connectivity index (χ3n) is 3.09. The second kappa shape index (κ2) is 7.04. The van der Waals surface area contributed by atoms with E-state index in [2.05, 4.69) is 20.2 Å². The number of amides is 1. The highest BCUT2D eigenvalue weighted by atomic mass is 16.5. The summed E-state index contributed by atoms with van der Waals surface area (Å²) < 4.78 is 4.75. The molecule has 1 amide bonds. The molecule has 1 aromatic heterocycles.